The van der Waals surface area contributed by atoms with E-state index in [2.05, 4.69) is 70.7 Å². The highest BCUT2D eigenvalue weighted by Gasteiger charge is 2.60. The number of benzene rings is 1. The lowest BCUT2D eigenvalue weighted by molar-refractivity contribution is -0.141. The van der Waals surface area contributed by atoms with Gasteiger partial charge in [-0.25, -0.2) is 0 Å². The van der Waals surface area contributed by atoms with Crippen molar-refractivity contribution in [3.05, 3.63) is 90.1 Å². The number of imide groups is 2. The molecule has 4 aliphatic rings. The first-order valence-electron chi connectivity index (χ1n) is 16.2. The molecular weight excluding hydrogens is 548 g/mol. The van der Waals surface area contributed by atoms with Gasteiger partial charge in [-0.15, -0.1) is 6.58 Å². The van der Waals surface area contributed by atoms with Gasteiger partial charge in [-0.3, -0.25) is 29.0 Å². The van der Waals surface area contributed by atoms with Crippen LogP contribution in [0.3, 0.4) is 0 Å². The molecule has 232 valence electrons. The molecule has 1 aromatic carbocycles. The van der Waals surface area contributed by atoms with Crippen LogP contribution in [-0.2, 0) is 19.2 Å². The zero-order chi connectivity index (χ0) is 31.9. The summed E-state index contributed by atoms with van der Waals surface area (Å²) in [7, 11) is 1.57. The van der Waals surface area contributed by atoms with Crippen LogP contribution in [0.4, 0.5) is 0 Å². The Kier molecular flexibility index (Phi) is 9.10. The van der Waals surface area contributed by atoms with Crippen molar-refractivity contribution in [1.82, 2.24) is 9.80 Å². The predicted octanol–water partition coefficient (Wildman–Crippen LogP) is 6.34. The summed E-state index contributed by atoms with van der Waals surface area (Å²) in [5, 5.41) is 0. The Bertz CT molecular complexity index is 1450. The fourth-order valence-electron chi connectivity index (χ4n) is 8.07. The van der Waals surface area contributed by atoms with E-state index in [4.69, 9.17) is 0 Å². The van der Waals surface area contributed by atoms with Crippen LogP contribution in [-0.4, -0.2) is 47.0 Å². The Balaban J connectivity index is 1.62. The van der Waals surface area contributed by atoms with Gasteiger partial charge in [0.25, 0.3) is 0 Å². The molecule has 0 N–H and O–H groups in total. The second-order valence-corrected chi connectivity index (χ2v) is 13.5. The lowest BCUT2D eigenvalue weighted by Crippen LogP contribution is -2.34. The summed E-state index contributed by atoms with van der Waals surface area (Å²) in [5.41, 5.74) is 3.16. The van der Waals surface area contributed by atoms with Gasteiger partial charge in [0.2, 0.25) is 23.6 Å². The average Bonchev–Trinajstić information content (AvgIpc) is 3.61. The van der Waals surface area contributed by atoms with Crippen LogP contribution in [0.1, 0.15) is 46.6 Å². The summed E-state index contributed by atoms with van der Waals surface area (Å²) >= 11 is 0. The van der Waals surface area contributed by atoms with Gasteiger partial charge in [0, 0.05) is 37.3 Å². The summed E-state index contributed by atoms with van der Waals surface area (Å²) in [6, 6.07) is 10.0. The molecule has 6 heteroatoms. The third-order valence-electron chi connectivity index (χ3n) is 9.77. The normalized spacial score (nSPS) is 33.9. The smallest absolute Gasteiger partial charge is 0.234 e. The minimum atomic E-state index is -0.505. The molecule has 2 aliphatic heterocycles. The maximum absolute atomic E-state index is 14.0. The zero-order valence-electron chi connectivity index (χ0n) is 26.9. The number of rotatable bonds is 9. The second kappa shape index (κ2) is 12.7. The van der Waals surface area contributed by atoms with Crippen LogP contribution in [0.15, 0.2) is 84.5 Å². The van der Waals surface area contributed by atoms with Crippen molar-refractivity contribution in [3.8, 4) is 0 Å². The number of carbonyl (C=O) groups is 4. The molecule has 2 aliphatic carbocycles. The Morgan fingerprint density at radius 3 is 1.64 bits per heavy atom. The van der Waals surface area contributed by atoms with E-state index in [1.54, 1.807) is 7.05 Å². The van der Waals surface area contributed by atoms with Gasteiger partial charge in [-0.2, -0.15) is 0 Å². The quantitative estimate of drug-likeness (QED) is 0.247. The molecule has 5 rings (SSSR count). The molecular formula is C38H46N2O4. The third-order valence-corrected chi connectivity index (χ3v) is 9.77. The number of allylic oxidation sites excluding steroid dienone is 8. The van der Waals surface area contributed by atoms with Crippen molar-refractivity contribution in [2.24, 2.45) is 59.2 Å². The Hall–Kier alpha value is -3.80. The van der Waals surface area contributed by atoms with Gasteiger partial charge in [0.05, 0.1) is 23.7 Å². The molecule has 0 bridgehead atoms. The Morgan fingerprint density at radius 2 is 1.16 bits per heavy atom. The molecule has 1 aromatic rings. The van der Waals surface area contributed by atoms with Crippen LogP contribution in [0.2, 0.25) is 0 Å². The average molecular weight is 595 g/mol. The van der Waals surface area contributed by atoms with E-state index >= 15 is 0 Å². The Labute approximate surface area is 262 Å². The molecule has 0 aromatic heterocycles. The maximum Gasteiger partial charge on any atom is 0.234 e. The van der Waals surface area contributed by atoms with Crippen LogP contribution >= 0.6 is 0 Å². The monoisotopic (exact) mass is 594 g/mol. The number of amides is 4. The number of hydrogen-bond donors (Lipinski definition) is 0. The van der Waals surface area contributed by atoms with Gasteiger partial charge in [0.1, 0.15) is 0 Å². The summed E-state index contributed by atoms with van der Waals surface area (Å²) < 4.78 is 0. The van der Waals surface area contributed by atoms with E-state index in [0.717, 1.165) is 16.7 Å². The first-order valence-corrected chi connectivity index (χ1v) is 16.2. The number of carbonyl (C=O) groups excluding carboxylic acids is 4. The molecule has 6 nitrogen and oxygen atoms in total. The second-order valence-electron chi connectivity index (χ2n) is 13.5. The van der Waals surface area contributed by atoms with E-state index in [1.165, 1.54) is 9.80 Å². The molecule has 0 spiro atoms. The van der Waals surface area contributed by atoms with Crippen molar-refractivity contribution in [2.45, 2.75) is 41.0 Å². The van der Waals surface area contributed by atoms with Crippen molar-refractivity contribution in [3.63, 3.8) is 0 Å². The number of fused-ring (bicyclic) bond motifs is 2. The Morgan fingerprint density at radius 1 is 0.705 bits per heavy atom. The fourth-order valence-corrected chi connectivity index (χ4v) is 8.07. The molecule has 0 radical (unpaired) electrons. The third kappa shape index (κ3) is 5.37. The molecule has 2 saturated heterocycles. The van der Waals surface area contributed by atoms with Crippen molar-refractivity contribution in [2.75, 3.05) is 13.6 Å². The van der Waals surface area contributed by atoms with E-state index in [9.17, 15) is 19.2 Å². The highest BCUT2D eigenvalue weighted by molar-refractivity contribution is 6.07. The van der Waals surface area contributed by atoms with Gasteiger partial charge in [0.15, 0.2) is 0 Å². The van der Waals surface area contributed by atoms with Crippen LogP contribution in [0.5, 0.6) is 0 Å². The summed E-state index contributed by atoms with van der Waals surface area (Å²) in [4.78, 5) is 57.3. The molecule has 44 heavy (non-hydrogen) atoms. The lowest BCUT2D eigenvalue weighted by atomic mass is 9.84. The van der Waals surface area contributed by atoms with Crippen LogP contribution in [0, 0.1) is 59.2 Å². The number of hydrogen-bond acceptors (Lipinski definition) is 4. The van der Waals surface area contributed by atoms with Gasteiger partial charge in [-0.1, -0.05) is 119 Å². The zero-order valence-corrected chi connectivity index (χ0v) is 26.9. The highest BCUT2D eigenvalue weighted by Crippen LogP contribution is 2.55. The largest absolute Gasteiger partial charge is 0.285 e. The standard InChI is InChI=1S/C38H46N2O4/c1-8-19-40-37(43)33-26(16-15-24-13-11-10-12-14-24)30(21-23(5)6)28(34(33)38(40)44)18-17-27-29(20-22(3)4)25(9-2)31-32(27)36(42)39(7)35(31)41/h9-18,20-23,25-28,31-34H,2,8,19H2,1,3-7H3/b16-15?,18-17-,29-20+,30-21-/t25-,26+,27+,28-,31+,32-,33-,34+/m0/s1. The van der Waals surface area contributed by atoms with E-state index in [-0.39, 0.29) is 59.1 Å². The minimum Gasteiger partial charge on any atom is -0.285 e. The topological polar surface area (TPSA) is 74.8 Å². The maximum atomic E-state index is 14.0. The summed E-state index contributed by atoms with van der Waals surface area (Å²) in [6.07, 6.45) is 15.2. The lowest BCUT2D eigenvalue weighted by Gasteiger charge is -2.23. The van der Waals surface area contributed by atoms with Gasteiger partial charge >= 0.3 is 0 Å². The predicted molar refractivity (Wildman–Crippen MR) is 173 cm³/mol. The summed E-state index contributed by atoms with van der Waals surface area (Å²) in [5.74, 6) is -3.08. The fraction of sp³-hybridized carbons (Fsp3) is 0.474. The van der Waals surface area contributed by atoms with Crippen LogP contribution < -0.4 is 0 Å². The van der Waals surface area contributed by atoms with Crippen LogP contribution in [0.25, 0.3) is 6.08 Å². The minimum absolute atomic E-state index is 0.0960. The number of nitrogens with zero attached hydrogens (tertiary/aromatic N) is 2. The summed E-state index contributed by atoms with van der Waals surface area (Å²) in [6.45, 7) is 14.9. The SMILES string of the molecule is C=C[C@H]1/C(=C\C(C)C)[C@@H](/C=C\[C@H]2/C(=C\C(C)C)[C@@H](C=Cc3ccccc3)[C@@H]3C(=O)N(CCC)C(=O)[C@@H]32)[C@@H]2C(=O)N(C)C(=O)[C@@H]21. The van der Waals surface area contributed by atoms with E-state index in [1.807, 2.05) is 43.3 Å². The molecule has 8 atom stereocenters. The first kappa shape index (κ1) is 31.6. The van der Waals surface area contributed by atoms with Crippen molar-refractivity contribution < 1.29 is 19.2 Å². The molecule has 4 fully saturated rings. The number of likely N-dealkylation sites (tertiary alicyclic amines) is 2. The molecule has 2 heterocycles. The van der Waals surface area contributed by atoms with Gasteiger partial charge < -0.3 is 0 Å². The van der Waals surface area contributed by atoms with E-state index < -0.39 is 23.7 Å². The van der Waals surface area contributed by atoms with Crippen molar-refractivity contribution in [1.29, 1.82) is 0 Å². The van der Waals surface area contributed by atoms with Crippen molar-refractivity contribution >= 4 is 29.7 Å². The first-order chi connectivity index (χ1) is 21.0. The van der Waals surface area contributed by atoms with Gasteiger partial charge in [-0.05, 0) is 23.8 Å². The highest BCUT2D eigenvalue weighted by atomic mass is 16.2. The molecule has 4 amide bonds. The van der Waals surface area contributed by atoms with E-state index in [0.29, 0.717) is 13.0 Å². The molecule has 2 saturated carbocycles. The molecule has 0 unspecified atom stereocenters.